The van der Waals surface area contributed by atoms with Crippen molar-refractivity contribution in [3.05, 3.63) is 0 Å². The first-order valence-corrected chi connectivity index (χ1v) is 4.09. The highest BCUT2D eigenvalue weighted by molar-refractivity contribution is 4.86. The molecule has 74 valence electrons. The largest absolute Gasteiger partial charge is 0.396 e. The van der Waals surface area contributed by atoms with Gasteiger partial charge >= 0.3 is 0 Å². The fourth-order valence-corrected chi connectivity index (χ4v) is 0.928. The van der Waals surface area contributed by atoms with Gasteiger partial charge < -0.3 is 20.4 Å². The summed E-state index contributed by atoms with van der Waals surface area (Å²) in [4.78, 5) is 0. The van der Waals surface area contributed by atoms with Crippen LogP contribution >= 0.6 is 0 Å². The van der Waals surface area contributed by atoms with Crippen LogP contribution in [-0.4, -0.2) is 45.3 Å². The Balaban J connectivity index is 4.16. The summed E-state index contributed by atoms with van der Waals surface area (Å²) < 4.78 is 0. The Bertz CT molecular complexity index is 124. The molecule has 0 radical (unpaired) electrons. The Morgan fingerprint density at radius 1 is 1.33 bits per heavy atom. The van der Waals surface area contributed by atoms with E-state index >= 15 is 0 Å². The van der Waals surface area contributed by atoms with E-state index in [1.807, 2.05) is 0 Å². The van der Waals surface area contributed by atoms with Crippen LogP contribution in [0.5, 0.6) is 0 Å². The van der Waals surface area contributed by atoms with Gasteiger partial charge in [-0.3, -0.25) is 0 Å². The van der Waals surface area contributed by atoms with Crippen LogP contribution in [0.3, 0.4) is 0 Å². The van der Waals surface area contributed by atoms with E-state index in [0.29, 0.717) is 0 Å². The van der Waals surface area contributed by atoms with Crippen LogP contribution in [0.1, 0.15) is 20.3 Å². The number of aliphatic hydroxyl groups is 4. The Kier molecular flexibility index (Phi) is 4.70. The first-order valence-electron chi connectivity index (χ1n) is 4.09. The van der Waals surface area contributed by atoms with Gasteiger partial charge in [-0.2, -0.15) is 0 Å². The predicted octanol–water partition coefficient (Wildman–Crippen LogP) is -0.891. The smallest absolute Gasteiger partial charge is 0.0925 e. The zero-order valence-electron chi connectivity index (χ0n) is 7.56. The van der Waals surface area contributed by atoms with Crippen molar-refractivity contribution in [3.8, 4) is 0 Å². The molecule has 0 heterocycles. The lowest BCUT2D eigenvalue weighted by atomic mass is 9.85. The maximum Gasteiger partial charge on any atom is 0.0925 e. The topological polar surface area (TPSA) is 80.9 Å². The van der Waals surface area contributed by atoms with E-state index in [9.17, 15) is 10.2 Å². The second-order valence-corrected chi connectivity index (χ2v) is 3.34. The van der Waals surface area contributed by atoms with Gasteiger partial charge in [-0.15, -0.1) is 0 Å². The average Bonchev–Trinajstić information content (AvgIpc) is 2.03. The minimum absolute atomic E-state index is 0.122. The van der Waals surface area contributed by atoms with Gasteiger partial charge in [-0.05, 0) is 13.3 Å². The van der Waals surface area contributed by atoms with Crippen molar-refractivity contribution in [2.24, 2.45) is 5.92 Å². The second kappa shape index (κ2) is 4.77. The lowest BCUT2D eigenvalue weighted by Gasteiger charge is -2.33. The number of aliphatic hydroxyl groups excluding tert-OH is 3. The van der Waals surface area contributed by atoms with Crippen LogP contribution in [0.15, 0.2) is 0 Å². The molecule has 4 N–H and O–H groups in total. The summed E-state index contributed by atoms with van der Waals surface area (Å²) >= 11 is 0. The highest BCUT2D eigenvalue weighted by atomic mass is 16.3. The second-order valence-electron chi connectivity index (χ2n) is 3.34. The van der Waals surface area contributed by atoms with Crippen molar-refractivity contribution in [1.29, 1.82) is 0 Å². The van der Waals surface area contributed by atoms with Crippen molar-refractivity contribution in [3.63, 3.8) is 0 Å². The summed E-state index contributed by atoms with van der Waals surface area (Å²) in [5.74, 6) is -0.404. The van der Waals surface area contributed by atoms with Crippen LogP contribution in [0.2, 0.25) is 0 Å². The van der Waals surface area contributed by atoms with E-state index in [-0.39, 0.29) is 19.6 Å². The van der Waals surface area contributed by atoms with E-state index in [4.69, 9.17) is 10.2 Å². The normalized spacial score (nSPS) is 21.5. The van der Waals surface area contributed by atoms with Gasteiger partial charge in [0.25, 0.3) is 0 Å². The molecule has 0 fully saturated rings. The molecular formula is C8H18O4. The number of hydrogen-bond donors (Lipinski definition) is 4. The Morgan fingerprint density at radius 3 is 2.17 bits per heavy atom. The summed E-state index contributed by atoms with van der Waals surface area (Å²) in [6.07, 6.45) is -0.873. The lowest BCUT2D eigenvalue weighted by Crippen LogP contribution is -2.46. The summed E-state index contributed by atoms with van der Waals surface area (Å²) in [5.41, 5.74) is -1.34. The molecule has 3 unspecified atom stereocenters. The van der Waals surface area contributed by atoms with Crippen LogP contribution in [-0.2, 0) is 0 Å². The summed E-state index contributed by atoms with van der Waals surface area (Å²) in [6.45, 7) is 2.74. The van der Waals surface area contributed by atoms with Gasteiger partial charge in [0.1, 0.15) is 0 Å². The molecule has 0 rings (SSSR count). The fourth-order valence-electron chi connectivity index (χ4n) is 0.928. The minimum atomic E-state index is -1.34. The highest BCUT2D eigenvalue weighted by Crippen LogP contribution is 2.22. The van der Waals surface area contributed by atoms with Crippen molar-refractivity contribution in [1.82, 2.24) is 0 Å². The molecule has 0 aliphatic rings. The molecule has 4 nitrogen and oxygen atoms in total. The van der Waals surface area contributed by atoms with Gasteiger partial charge in [0.05, 0.1) is 11.7 Å². The molecule has 0 aliphatic carbocycles. The first kappa shape index (κ1) is 11.8. The molecule has 0 spiro atoms. The molecule has 4 heteroatoms. The Morgan fingerprint density at radius 2 is 1.83 bits per heavy atom. The zero-order chi connectivity index (χ0) is 9.78. The van der Waals surface area contributed by atoms with Gasteiger partial charge in [0.15, 0.2) is 0 Å². The van der Waals surface area contributed by atoms with Gasteiger partial charge in [0, 0.05) is 19.1 Å². The van der Waals surface area contributed by atoms with E-state index in [0.717, 1.165) is 0 Å². The molecule has 0 amide bonds. The van der Waals surface area contributed by atoms with Gasteiger partial charge in [-0.25, -0.2) is 0 Å². The first-order chi connectivity index (χ1) is 5.46. The molecule has 0 aromatic heterocycles. The van der Waals surface area contributed by atoms with Crippen LogP contribution in [0, 0.1) is 5.92 Å². The SMILES string of the molecule is CC(CO)C(C)(O)C(O)CCO. The third kappa shape index (κ3) is 2.71. The van der Waals surface area contributed by atoms with E-state index in [2.05, 4.69) is 0 Å². The standard InChI is InChI=1S/C8H18O4/c1-6(5-10)8(2,12)7(11)3-4-9/h6-7,9-12H,3-5H2,1-2H3. The molecule has 0 saturated heterocycles. The molecule has 0 saturated carbocycles. The van der Waals surface area contributed by atoms with Gasteiger partial charge in [0.2, 0.25) is 0 Å². The molecule has 12 heavy (non-hydrogen) atoms. The third-order valence-electron chi connectivity index (χ3n) is 2.35. The summed E-state index contributed by atoms with van der Waals surface area (Å²) in [7, 11) is 0. The highest BCUT2D eigenvalue weighted by Gasteiger charge is 2.35. The van der Waals surface area contributed by atoms with Crippen molar-refractivity contribution < 1.29 is 20.4 Å². The average molecular weight is 178 g/mol. The maximum absolute atomic E-state index is 9.66. The van der Waals surface area contributed by atoms with E-state index < -0.39 is 17.6 Å². The van der Waals surface area contributed by atoms with Crippen molar-refractivity contribution >= 4 is 0 Å². The molecule has 0 bridgehead atoms. The molecule has 3 atom stereocenters. The Labute approximate surface area is 72.5 Å². The summed E-state index contributed by atoms with van der Waals surface area (Å²) in [5, 5.41) is 36.3. The quantitative estimate of drug-likeness (QED) is 0.440. The van der Waals surface area contributed by atoms with Crippen LogP contribution in [0.25, 0.3) is 0 Å². The van der Waals surface area contributed by atoms with Crippen molar-refractivity contribution in [2.75, 3.05) is 13.2 Å². The van der Waals surface area contributed by atoms with Crippen LogP contribution in [0.4, 0.5) is 0 Å². The van der Waals surface area contributed by atoms with Crippen LogP contribution < -0.4 is 0 Å². The molecule has 0 aliphatic heterocycles. The lowest BCUT2D eigenvalue weighted by molar-refractivity contribution is -0.113. The van der Waals surface area contributed by atoms with Crippen molar-refractivity contribution in [2.45, 2.75) is 32.0 Å². The number of hydrogen-bond acceptors (Lipinski definition) is 4. The third-order valence-corrected chi connectivity index (χ3v) is 2.35. The maximum atomic E-state index is 9.66. The zero-order valence-corrected chi connectivity index (χ0v) is 7.56. The predicted molar refractivity (Wildman–Crippen MR) is 44.6 cm³/mol. The molecule has 0 aromatic carbocycles. The fraction of sp³-hybridized carbons (Fsp3) is 1.00. The van der Waals surface area contributed by atoms with E-state index in [1.165, 1.54) is 6.92 Å². The Hall–Kier alpha value is -0.160. The minimum Gasteiger partial charge on any atom is -0.396 e. The van der Waals surface area contributed by atoms with Gasteiger partial charge in [-0.1, -0.05) is 6.92 Å². The monoisotopic (exact) mass is 178 g/mol. The number of rotatable bonds is 5. The molecular weight excluding hydrogens is 160 g/mol. The van der Waals surface area contributed by atoms with E-state index in [1.54, 1.807) is 6.92 Å². The summed E-state index contributed by atoms with van der Waals surface area (Å²) in [6, 6.07) is 0. The molecule has 0 aromatic rings.